The molecule has 0 spiro atoms. The van der Waals surface area contributed by atoms with Gasteiger partial charge in [0.25, 0.3) is 0 Å². The summed E-state index contributed by atoms with van der Waals surface area (Å²) in [4.78, 5) is 0. The van der Waals surface area contributed by atoms with Crippen molar-refractivity contribution in [1.29, 1.82) is 0 Å². The first kappa shape index (κ1) is 6.69. The van der Waals surface area contributed by atoms with Crippen molar-refractivity contribution >= 4 is 0 Å². The number of hydrogen-bond acceptors (Lipinski definition) is 0. The third-order valence-electron chi connectivity index (χ3n) is 3.19. The Kier molecular flexibility index (Phi) is 1.81. The van der Waals surface area contributed by atoms with E-state index in [1.165, 1.54) is 37.3 Å². The van der Waals surface area contributed by atoms with Gasteiger partial charge in [0.15, 0.2) is 0 Å². The van der Waals surface area contributed by atoms with Crippen molar-refractivity contribution in [3.63, 3.8) is 0 Å². The van der Waals surface area contributed by atoms with Crippen LogP contribution >= 0.6 is 0 Å². The smallest absolute Gasteiger partial charge is 0.0321 e. The lowest BCUT2D eigenvalue weighted by Gasteiger charge is -2.19. The highest BCUT2D eigenvalue weighted by Gasteiger charge is 2.13. The molecule has 0 heteroatoms. The van der Waals surface area contributed by atoms with Crippen LogP contribution in [0, 0.1) is 32.9 Å². The fourth-order valence-electron chi connectivity index (χ4n) is 2.22. The number of rotatable bonds is 2. The summed E-state index contributed by atoms with van der Waals surface area (Å²) in [6, 6.07) is 6.56. The molecule has 0 aliphatic rings. The second kappa shape index (κ2) is 5.67. The molecule has 0 saturated carbocycles. The molecule has 0 saturated heterocycles. The predicted octanol–water partition coefficient (Wildman–Crippen LogP) is 6.18. The average molecular weight is 292 g/mol. The molecule has 0 nitrogen and oxygen atoms in total. The van der Waals surface area contributed by atoms with Crippen LogP contribution in [0.4, 0.5) is 0 Å². The molecule has 0 unspecified atom stereocenters. The molecule has 0 aliphatic carbocycles. The van der Waals surface area contributed by atoms with Gasteiger partial charge in [-0.15, -0.1) is 0 Å². The Morgan fingerprint density at radius 1 is 0.857 bits per heavy atom. The van der Waals surface area contributed by atoms with Crippen LogP contribution in [0.25, 0.3) is 11.1 Å². The summed E-state index contributed by atoms with van der Waals surface area (Å²) >= 11 is 0. The van der Waals surface area contributed by atoms with Gasteiger partial charge in [0, 0.05) is 15.1 Å². The lowest BCUT2D eigenvalue weighted by molar-refractivity contribution is 0.411. The van der Waals surface area contributed by atoms with Gasteiger partial charge in [-0.1, -0.05) is 51.1 Å². The lowest BCUT2D eigenvalue weighted by Crippen LogP contribution is -2.09. The molecule has 0 bridgehead atoms. The highest BCUT2D eigenvalue weighted by Crippen LogP contribution is 2.31. The van der Waals surface area contributed by atoms with Gasteiger partial charge < -0.3 is 0 Å². The number of hydrogen-bond donors (Lipinski definition) is 0. The Balaban J connectivity index is 2.97. The van der Waals surface area contributed by atoms with E-state index in [1.54, 1.807) is 20.8 Å². The van der Waals surface area contributed by atoms with Gasteiger partial charge in [-0.25, -0.2) is 0 Å². The molecule has 0 atom stereocenters. The quantitative estimate of drug-likeness (QED) is 0.620. The molecule has 21 heavy (non-hydrogen) atoms. The Labute approximate surface area is 145 Å². The fraction of sp³-hybridized carbons (Fsp3) is 0.429. The fourth-order valence-corrected chi connectivity index (χ4v) is 2.22. The molecule has 2 rings (SSSR count). The van der Waals surface area contributed by atoms with Crippen molar-refractivity contribution < 1.29 is 15.1 Å². The molecule has 0 aliphatic heterocycles. The maximum Gasteiger partial charge on any atom is 0.0321 e. The third-order valence-corrected chi connectivity index (χ3v) is 3.19. The Morgan fingerprint density at radius 2 is 1.52 bits per heavy atom. The van der Waals surface area contributed by atoms with Crippen LogP contribution in [0.2, 0.25) is 0 Å². The van der Waals surface area contributed by atoms with Gasteiger partial charge in [-0.05, 0) is 78.2 Å². The Morgan fingerprint density at radius 3 is 2.14 bits per heavy atom. The summed E-state index contributed by atoms with van der Waals surface area (Å²) in [5.74, 6) is 0. The van der Waals surface area contributed by atoms with Crippen molar-refractivity contribution in [2.45, 2.75) is 54.6 Å². The standard InChI is InChI=1S/C21H28/c1-14-10-16(3)20(12-15(14)2)19-9-8-18(11-17(19)4)13-21(5,6)7/h8-12H,13H2,1-7H3/i2D3,3D3,4D3,13D2. The minimum Gasteiger partial charge on any atom is -0.0599 e. The van der Waals surface area contributed by atoms with Gasteiger partial charge in [0.05, 0.1) is 0 Å². The van der Waals surface area contributed by atoms with Crippen molar-refractivity contribution in [2.75, 3.05) is 0 Å². The monoisotopic (exact) mass is 291 g/mol. The average Bonchev–Trinajstić information content (AvgIpc) is 2.57. The van der Waals surface area contributed by atoms with Gasteiger partial charge >= 0.3 is 0 Å². The van der Waals surface area contributed by atoms with E-state index in [0.717, 1.165) is 0 Å². The lowest BCUT2D eigenvalue weighted by atomic mass is 9.86. The molecule has 112 valence electrons. The molecule has 0 radical (unpaired) electrons. The van der Waals surface area contributed by atoms with Crippen molar-refractivity contribution in [3.8, 4) is 11.1 Å². The first-order valence-electron chi connectivity index (χ1n) is 12.4. The summed E-state index contributed by atoms with van der Waals surface area (Å²) < 4.78 is 88.2. The molecule has 0 aromatic heterocycles. The maximum absolute atomic E-state index is 8.50. The highest BCUT2D eigenvalue weighted by molar-refractivity contribution is 5.72. The second-order valence-corrected chi connectivity index (χ2v) is 6.35. The second-order valence-electron chi connectivity index (χ2n) is 6.35. The minimum absolute atomic E-state index is 0.00396. The normalized spacial score (nSPS) is 22.0. The van der Waals surface area contributed by atoms with Crippen LogP contribution in [0.3, 0.4) is 0 Å². The molecule has 2 aromatic rings. The largest absolute Gasteiger partial charge is 0.0599 e. The maximum atomic E-state index is 8.50. The van der Waals surface area contributed by atoms with Crippen LogP contribution < -0.4 is 0 Å². The van der Waals surface area contributed by atoms with E-state index in [0.29, 0.717) is 0 Å². The molecule has 2 aromatic carbocycles. The van der Waals surface area contributed by atoms with E-state index in [4.69, 9.17) is 15.1 Å². The van der Waals surface area contributed by atoms with Crippen molar-refractivity contribution in [2.24, 2.45) is 5.41 Å². The van der Waals surface area contributed by atoms with Crippen LogP contribution in [0.1, 0.15) is 63.7 Å². The minimum atomic E-state index is -2.68. The number of benzene rings is 2. The Bertz CT molecular complexity index is 1000. The topological polar surface area (TPSA) is 0 Å². The van der Waals surface area contributed by atoms with Crippen molar-refractivity contribution in [3.05, 3.63) is 58.1 Å². The molecule has 0 amide bonds. The molecule has 0 heterocycles. The van der Waals surface area contributed by atoms with Gasteiger partial charge in [-0.3, -0.25) is 0 Å². The van der Waals surface area contributed by atoms with E-state index in [9.17, 15) is 0 Å². The first-order chi connectivity index (χ1) is 14.1. The van der Waals surface area contributed by atoms with E-state index < -0.39 is 32.3 Å². The highest BCUT2D eigenvalue weighted by atomic mass is 14.2. The van der Waals surface area contributed by atoms with E-state index in [1.807, 2.05) is 0 Å². The van der Waals surface area contributed by atoms with Crippen LogP contribution in [-0.2, 0) is 6.37 Å². The van der Waals surface area contributed by atoms with Gasteiger partial charge in [-0.2, -0.15) is 0 Å². The number of aryl methyl sites for hydroxylation is 4. The zero-order valence-corrected chi connectivity index (χ0v) is 12.9. The van der Waals surface area contributed by atoms with E-state index in [2.05, 4.69) is 0 Å². The van der Waals surface area contributed by atoms with E-state index in [-0.39, 0.29) is 38.9 Å². The zero-order chi connectivity index (χ0) is 25.1. The molecule has 0 fully saturated rings. The van der Waals surface area contributed by atoms with E-state index >= 15 is 0 Å². The van der Waals surface area contributed by atoms with Crippen LogP contribution in [-0.4, -0.2) is 0 Å². The summed E-state index contributed by atoms with van der Waals surface area (Å²) in [7, 11) is 0. The van der Waals surface area contributed by atoms with Crippen LogP contribution in [0.5, 0.6) is 0 Å². The van der Waals surface area contributed by atoms with Crippen molar-refractivity contribution in [1.82, 2.24) is 0 Å². The summed E-state index contributed by atoms with van der Waals surface area (Å²) in [5, 5.41) is 0. The molecular formula is C21H28. The Hall–Kier alpha value is -1.56. The third kappa shape index (κ3) is 3.75. The van der Waals surface area contributed by atoms with Gasteiger partial charge in [0.1, 0.15) is 0 Å². The van der Waals surface area contributed by atoms with Gasteiger partial charge in [0.2, 0.25) is 0 Å². The molecule has 0 N–H and O–H groups in total. The SMILES string of the molecule is [2H]C([2H])([2H])c1cc(-c2ccc(C([2H])([2H])C(C)(C)C)cc2C([2H])([2H])[2H])c(C([2H])([2H])[2H])cc1C. The molecular weight excluding hydrogens is 252 g/mol. The van der Waals surface area contributed by atoms with Crippen LogP contribution in [0.15, 0.2) is 30.3 Å². The first-order valence-corrected chi connectivity index (χ1v) is 6.89. The zero-order valence-electron chi connectivity index (χ0n) is 23.9. The predicted molar refractivity (Wildman–Crippen MR) is 94.0 cm³/mol. The summed E-state index contributed by atoms with van der Waals surface area (Å²) in [5.41, 5.74) is -0.803. The summed E-state index contributed by atoms with van der Waals surface area (Å²) in [6.45, 7) is -1.21. The summed E-state index contributed by atoms with van der Waals surface area (Å²) in [6.07, 6.45) is -1.87.